The lowest BCUT2D eigenvalue weighted by Crippen LogP contribution is -2.41. The Hall–Kier alpha value is -1.56. The number of anilines is 1. The van der Waals surface area contributed by atoms with Crippen LogP contribution in [-0.2, 0) is 7.05 Å². The fourth-order valence-electron chi connectivity index (χ4n) is 1.53. The Morgan fingerprint density at radius 3 is 2.76 bits per heavy atom. The van der Waals surface area contributed by atoms with Gasteiger partial charge in [0.05, 0.1) is 6.20 Å². The van der Waals surface area contributed by atoms with Crippen molar-refractivity contribution in [1.29, 1.82) is 0 Å². The average Bonchev–Trinajstić information content (AvgIpc) is 2.63. The molecule has 0 saturated heterocycles. The summed E-state index contributed by atoms with van der Waals surface area (Å²) >= 11 is 0. The van der Waals surface area contributed by atoms with Crippen LogP contribution in [0.2, 0.25) is 0 Å². The lowest BCUT2D eigenvalue weighted by molar-refractivity contribution is 0.227. The van der Waals surface area contributed by atoms with Crippen LogP contribution in [0.5, 0.6) is 0 Å². The highest BCUT2D eigenvalue weighted by atomic mass is 16.3. The van der Waals surface area contributed by atoms with Gasteiger partial charge < -0.3 is 10.4 Å². The first kappa shape index (κ1) is 13.5. The second kappa shape index (κ2) is 6.24. The van der Waals surface area contributed by atoms with Crippen LogP contribution in [0.4, 0.5) is 10.6 Å². The molecule has 1 aromatic rings. The first-order valence-corrected chi connectivity index (χ1v) is 5.71. The van der Waals surface area contributed by atoms with E-state index >= 15 is 0 Å². The van der Waals surface area contributed by atoms with E-state index in [-0.39, 0.29) is 24.6 Å². The number of aliphatic hydroxyl groups excluding tert-OH is 1. The van der Waals surface area contributed by atoms with E-state index in [0.717, 1.165) is 0 Å². The van der Waals surface area contributed by atoms with Gasteiger partial charge in [0.2, 0.25) is 0 Å². The molecule has 17 heavy (non-hydrogen) atoms. The summed E-state index contributed by atoms with van der Waals surface area (Å²) < 4.78 is 1.58. The van der Waals surface area contributed by atoms with Gasteiger partial charge in [-0.2, -0.15) is 5.10 Å². The molecule has 0 aliphatic heterocycles. The van der Waals surface area contributed by atoms with Crippen LogP contribution in [0.1, 0.15) is 20.3 Å². The lowest BCUT2D eigenvalue weighted by atomic mass is 10.0. The number of aryl methyl sites for hydroxylation is 1. The molecule has 1 atom stereocenters. The van der Waals surface area contributed by atoms with Crippen molar-refractivity contribution in [2.45, 2.75) is 26.3 Å². The molecule has 0 aliphatic carbocycles. The third-order valence-electron chi connectivity index (χ3n) is 2.62. The van der Waals surface area contributed by atoms with E-state index in [0.29, 0.717) is 12.2 Å². The van der Waals surface area contributed by atoms with Crippen molar-refractivity contribution in [1.82, 2.24) is 15.1 Å². The van der Waals surface area contributed by atoms with E-state index in [9.17, 15) is 4.79 Å². The third-order valence-corrected chi connectivity index (χ3v) is 2.62. The van der Waals surface area contributed by atoms with Crippen LogP contribution >= 0.6 is 0 Å². The zero-order valence-electron chi connectivity index (χ0n) is 10.5. The van der Waals surface area contributed by atoms with Gasteiger partial charge in [-0.3, -0.25) is 10.00 Å². The molecular weight excluding hydrogens is 220 g/mol. The van der Waals surface area contributed by atoms with Gasteiger partial charge in [-0.05, 0) is 12.3 Å². The number of nitrogens with one attached hydrogen (secondary N) is 2. The molecule has 1 heterocycles. The van der Waals surface area contributed by atoms with Gasteiger partial charge in [-0.25, -0.2) is 4.79 Å². The minimum Gasteiger partial charge on any atom is -0.396 e. The van der Waals surface area contributed by atoms with Crippen LogP contribution in [0.25, 0.3) is 0 Å². The van der Waals surface area contributed by atoms with E-state index in [1.165, 1.54) is 0 Å². The van der Waals surface area contributed by atoms with Crippen molar-refractivity contribution in [2.75, 3.05) is 11.9 Å². The van der Waals surface area contributed by atoms with Crippen molar-refractivity contribution < 1.29 is 9.90 Å². The van der Waals surface area contributed by atoms with Crippen LogP contribution in [0, 0.1) is 5.92 Å². The second-order valence-corrected chi connectivity index (χ2v) is 4.30. The SMILES string of the molecule is CC(C)[C@@H](CCO)NC(=O)Nc1ccnn1C. The molecule has 0 aliphatic rings. The van der Waals surface area contributed by atoms with E-state index in [2.05, 4.69) is 15.7 Å². The Labute approximate surface area is 101 Å². The first-order valence-electron chi connectivity index (χ1n) is 5.71. The molecule has 6 heteroatoms. The first-order chi connectivity index (χ1) is 8.04. The fourth-order valence-corrected chi connectivity index (χ4v) is 1.53. The monoisotopic (exact) mass is 240 g/mol. The highest BCUT2D eigenvalue weighted by Crippen LogP contribution is 2.07. The molecule has 0 saturated carbocycles. The molecule has 1 rings (SSSR count). The van der Waals surface area contributed by atoms with E-state index < -0.39 is 0 Å². The molecule has 1 aromatic heterocycles. The minimum atomic E-state index is -0.277. The predicted molar refractivity (Wildman–Crippen MR) is 65.7 cm³/mol. The van der Waals surface area contributed by atoms with Gasteiger partial charge in [-0.1, -0.05) is 13.8 Å². The average molecular weight is 240 g/mol. The van der Waals surface area contributed by atoms with Crippen LogP contribution in [-0.4, -0.2) is 33.6 Å². The number of aromatic nitrogens is 2. The summed E-state index contributed by atoms with van der Waals surface area (Å²) in [6.07, 6.45) is 2.17. The van der Waals surface area contributed by atoms with E-state index in [1.54, 1.807) is 24.0 Å². The summed E-state index contributed by atoms with van der Waals surface area (Å²) in [5.41, 5.74) is 0. The van der Waals surface area contributed by atoms with Crippen LogP contribution in [0.3, 0.4) is 0 Å². The molecular formula is C11H20N4O2. The van der Waals surface area contributed by atoms with Crippen molar-refractivity contribution in [3.05, 3.63) is 12.3 Å². The Balaban J connectivity index is 2.50. The summed E-state index contributed by atoms with van der Waals surface area (Å²) in [4.78, 5) is 11.7. The van der Waals surface area contributed by atoms with E-state index in [4.69, 9.17) is 5.11 Å². The van der Waals surface area contributed by atoms with Crippen LogP contribution in [0.15, 0.2) is 12.3 Å². The number of carbonyl (C=O) groups is 1. The molecule has 3 N–H and O–H groups in total. The Kier molecular flexibility index (Phi) is 4.96. The topological polar surface area (TPSA) is 79.2 Å². The third kappa shape index (κ3) is 4.07. The van der Waals surface area contributed by atoms with Gasteiger partial charge in [0, 0.05) is 25.8 Å². The maximum atomic E-state index is 11.7. The van der Waals surface area contributed by atoms with Crippen LogP contribution < -0.4 is 10.6 Å². The fraction of sp³-hybridized carbons (Fsp3) is 0.636. The Bertz CT molecular complexity index is 362. The van der Waals surface area contributed by atoms with Gasteiger partial charge in [-0.15, -0.1) is 0 Å². The van der Waals surface area contributed by atoms with Gasteiger partial charge >= 0.3 is 6.03 Å². The Morgan fingerprint density at radius 1 is 1.59 bits per heavy atom. The summed E-state index contributed by atoms with van der Waals surface area (Å²) in [6, 6.07) is 1.41. The molecule has 96 valence electrons. The number of hydrogen-bond acceptors (Lipinski definition) is 3. The lowest BCUT2D eigenvalue weighted by Gasteiger charge is -2.21. The number of carbonyl (C=O) groups excluding carboxylic acids is 1. The molecule has 0 unspecified atom stereocenters. The van der Waals surface area contributed by atoms with Crippen molar-refractivity contribution in [2.24, 2.45) is 13.0 Å². The number of rotatable bonds is 5. The minimum absolute atomic E-state index is 0.0340. The van der Waals surface area contributed by atoms with Crippen molar-refractivity contribution in [3.8, 4) is 0 Å². The maximum absolute atomic E-state index is 11.7. The summed E-state index contributed by atoms with van der Waals surface area (Å²) in [6.45, 7) is 4.07. The number of nitrogens with zero attached hydrogens (tertiary/aromatic N) is 2. The molecule has 0 bridgehead atoms. The van der Waals surface area contributed by atoms with Crippen molar-refractivity contribution in [3.63, 3.8) is 0 Å². The molecule has 0 spiro atoms. The molecule has 2 amide bonds. The summed E-state index contributed by atoms with van der Waals surface area (Å²) in [5.74, 6) is 0.911. The largest absolute Gasteiger partial charge is 0.396 e. The van der Waals surface area contributed by atoms with Gasteiger partial charge in [0.1, 0.15) is 5.82 Å². The summed E-state index contributed by atoms with van der Waals surface area (Å²) in [5, 5.41) is 18.4. The summed E-state index contributed by atoms with van der Waals surface area (Å²) in [7, 11) is 1.75. The zero-order valence-corrected chi connectivity index (χ0v) is 10.5. The smallest absolute Gasteiger partial charge is 0.320 e. The number of hydrogen-bond donors (Lipinski definition) is 3. The van der Waals surface area contributed by atoms with E-state index in [1.807, 2.05) is 13.8 Å². The molecule has 0 radical (unpaired) electrons. The van der Waals surface area contributed by atoms with Gasteiger partial charge in [0.25, 0.3) is 0 Å². The highest BCUT2D eigenvalue weighted by Gasteiger charge is 2.15. The number of amides is 2. The highest BCUT2D eigenvalue weighted by molar-refractivity contribution is 5.88. The van der Waals surface area contributed by atoms with Gasteiger partial charge in [0.15, 0.2) is 0 Å². The molecule has 6 nitrogen and oxygen atoms in total. The second-order valence-electron chi connectivity index (χ2n) is 4.30. The number of urea groups is 1. The number of aliphatic hydroxyl groups is 1. The standard InChI is InChI=1S/C11H20N4O2/c1-8(2)9(5-7-16)13-11(17)14-10-4-6-12-15(10)3/h4,6,8-9,16H,5,7H2,1-3H3,(H2,13,14,17)/t9-/m1/s1. The molecule has 0 fully saturated rings. The maximum Gasteiger partial charge on any atom is 0.320 e. The molecule has 0 aromatic carbocycles. The zero-order chi connectivity index (χ0) is 12.8. The normalized spacial score (nSPS) is 12.5. The quantitative estimate of drug-likeness (QED) is 0.717. The Morgan fingerprint density at radius 2 is 2.29 bits per heavy atom. The predicted octanol–water partition coefficient (Wildman–Crippen LogP) is 0.949. The van der Waals surface area contributed by atoms with Crippen molar-refractivity contribution >= 4 is 11.8 Å².